The molecule has 3 rings (SSSR count). The van der Waals surface area contributed by atoms with Crippen LogP contribution in [0.4, 0.5) is 0 Å². The minimum absolute atomic E-state index is 0.546. The van der Waals surface area contributed by atoms with Gasteiger partial charge >= 0.3 is 0 Å². The molecule has 1 fully saturated rings. The lowest BCUT2D eigenvalue weighted by atomic mass is 9.95. The summed E-state index contributed by atoms with van der Waals surface area (Å²) in [6.07, 6.45) is 8.24. The van der Waals surface area contributed by atoms with E-state index in [0.717, 1.165) is 5.69 Å². The largest absolute Gasteiger partial charge is 0.317 e. The quantitative estimate of drug-likeness (QED) is 0.872. The molecule has 0 amide bonds. The molecule has 20 heavy (non-hydrogen) atoms. The SMILES string of the molecule is CNC1CCCCC(c2cnnn2-c2ccccc2)C1. The molecule has 1 aliphatic carbocycles. The summed E-state index contributed by atoms with van der Waals surface area (Å²) in [6.45, 7) is 0. The van der Waals surface area contributed by atoms with Crippen molar-refractivity contribution in [1.82, 2.24) is 20.3 Å². The zero-order valence-corrected chi connectivity index (χ0v) is 12.0. The fraction of sp³-hybridized carbons (Fsp3) is 0.500. The molecule has 0 aliphatic heterocycles. The average molecular weight is 270 g/mol. The van der Waals surface area contributed by atoms with E-state index in [1.54, 1.807) is 0 Å². The molecule has 1 aromatic heterocycles. The molecule has 4 nitrogen and oxygen atoms in total. The summed E-state index contributed by atoms with van der Waals surface area (Å²) >= 11 is 0. The van der Waals surface area contributed by atoms with Crippen molar-refractivity contribution in [3.63, 3.8) is 0 Å². The van der Waals surface area contributed by atoms with Gasteiger partial charge in [-0.25, -0.2) is 4.68 Å². The summed E-state index contributed by atoms with van der Waals surface area (Å²) in [4.78, 5) is 0. The van der Waals surface area contributed by atoms with E-state index >= 15 is 0 Å². The molecule has 2 unspecified atom stereocenters. The van der Waals surface area contributed by atoms with Crippen LogP contribution in [0.25, 0.3) is 5.69 Å². The van der Waals surface area contributed by atoms with Crippen molar-refractivity contribution < 1.29 is 0 Å². The van der Waals surface area contributed by atoms with E-state index < -0.39 is 0 Å². The van der Waals surface area contributed by atoms with Gasteiger partial charge in [0, 0.05) is 12.0 Å². The monoisotopic (exact) mass is 270 g/mol. The minimum Gasteiger partial charge on any atom is -0.317 e. The average Bonchev–Trinajstić information content (AvgIpc) is 2.87. The van der Waals surface area contributed by atoms with Crippen molar-refractivity contribution in [2.24, 2.45) is 0 Å². The highest BCUT2D eigenvalue weighted by Crippen LogP contribution is 2.32. The van der Waals surface area contributed by atoms with Crippen LogP contribution in [0.1, 0.15) is 43.7 Å². The highest BCUT2D eigenvalue weighted by Gasteiger charge is 2.24. The van der Waals surface area contributed by atoms with Crippen LogP contribution in [0, 0.1) is 0 Å². The van der Waals surface area contributed by atoms with Crippen LogP contribution in [0.2, 0.25) is 0 Å². The van der Waals surface area contributed by atoms with Crippen molar-refractivity contribution in [3.8, 4) is 5.69 Å². The van der Waals surface area contributed by atoms with Crippen molar-refractivity contribution in [2.45, 2.75) is 44.1 Å². The molecule has 0 radical (unpaired) electrons. The number of nitrogens with one attached hydrogen (secondary N) is 1. The number of aromatic nitrogens is 3. The minimum atomic E-state index is 0.546. The lowest BCUT2D eigenvalue weighted by molar-refractivity contribution is 0.461. The summed E-state index contributed by atoms with van der Waals surface area (Å²) in [5.74, 6) is 0.546. The van der Waals surface area contributed by atoms with Gasteiger partial charge in [0.05, 0.1) is 17.6 Å². The first-order valence-corrected chi connectivity index (χ1v) is 7.52. The van der Waals surface area contributed by atoms with E-state index in [2.05, 4.69) is 34.8 Å². The van der Waals surface area contributed by atoms with Gasteiger partial charge in [-0.15, -0.1) is 5.10 Å². The molecule has 106 valence electrons. The first-order valence-electron chi connectivity index (χ1n) is 7.52. The van der Waals surface area contributed by atoms with E-state index in [1.807, 2.05) is 29.1 Å². The first kappa shape index (κ1) is 13.3. The van der Waals surface area contributed by atoms with Crippen molar-refractivity contribution >= 4 is 0 Å². The Morgan fingerprint density at radius 3 is 2.75 bits per heavy atom. The van der Waals surface area contributed by atoms with Crippen LogP contribution in [-0.2, 0) is 0 Å². The number of nitrogens with zero attached hydrogens (tertiary/aromatic N) is 3. The van der Waals surface area contributed by atoms with Crippen LogP contribution < -0.4 is 5.32 Å². The zero-order chi connectivity index (χ0) is 13.8. The van der Waals surface area contributed by atoms with Gasteiger partial charge in [0.15, 0.2) is 0 Å². The van der Waals surface area contributed by atoms with Gasteiger partial charge in [0.25, 0.3) is 0 Å². The predicted molar refractivity (Wildman–Crippen MR) is 80.0 cm³/mol. The van der Waals surface area contributed by atoms with Gasteiger partial charge in [0.2, 0.25) is 0 Å². The van der Waals surface area contributed by atoms with Crippen LogP contribution in [0.15, 0.2) is 36.5 Å². The molecule has 1 N–H and O–H groups in total. The maximum Gasteiger partial charge on any atom is 0.0732 e. The molecule has 2 atom stereocenters. The second-order valence-corrected chi connectivity index (χ2v) is 5.61. The normalized spacial score (nSPS) is 23.4. The van der Waals surface area contributed by atoms with Gasteiger partial charge in [0.1, 0.15) is 0 Å². The summed E-state index contributed by atoms with van der Waals surface area (Å²) < 4.78 is 2.00. The summed E-state index contributed by atoms with van der Waals surface area (Å²) in [7, 11) is 2.07. The Labute approximate surface area is 120 Å². The van der Waals surface area contributed by atoms with Gasteiger partial charge in [-0.05, 0) is 38.4 Å². The smallest absolute Gasteiger partial charge is 0.0732 e. The zero-order valence-electron chi connectivity index (χ0n) is 12.0. The Morgan fingerprint density at radius 2 is 1.95 bits per heavy atom. The Hall–Kier alpha value is -1.68. The number of hydrogen-bond acceptors (Lipinski definition) is 3. The number of rotatable bonds is 3. The standard InChI is InChI=1S/C16H22N4/c1-17-14-8-6-5-7-13(11-14)16-12-18-19-20(16)15-9-3-2-4-10-15/h2-4,9-10,12-14,17H,5-8,11H2,1H3. The highest BCUT2D eigenvalue weighted by molar-refractivity contribution is 5.32. The third-order valence-electron chi connectivity index (χ3n) is 4.33. The molecular formula is C16H22N4. The molecule has 1 saturated carbocycles. The number of para-hydroxylation sites is 1. The number of benzene rings is 1. The van der Waals surface area contributed by atoms with Gasteiger partial charge < -0.3 is 5.32 Å². The van der Waals surface area contributed by atoms with Crippen LogP contribution in [0.5, 0.6) is 0 Å². The molecule has 0 spiro atoms. The second-order valence-electron chi connectivity index (χ2n) is 5.61. The van der Waals surface area contributed by atoms with Crippen molar-refractivity contribution in [2.75, 3.05) is 7.05 Å². The van der Waals surface area contributed by atoms with Crippen LogP contribution in [0.3, 0.4) is 0 Å². The molecular weight excluding hydrogens is 248 g/mol. The predicted octanol–water partition coefficient (Wildman–Crippen LogP) is 2.90. The molecule has 1 aliphatic rings. The van der Waals surface area contributed by atoms with Crippen LogP contribution in [-0.4, -0.2) is 28.1 Å². The Balaban J connectivity index is 1.89. The van der Waals surface area contributed by atoms with Gasteiger partial charge in [-0.1, -0.05) is 36.3 Å². The second kappa shape index (κ2) is 6.18. The van der Waals surface area contributed by atoms with Crippen molar-refractivity contribution in [3.05, 3.63) is 42.2 Å². The summed E-state index contributed by atoms with van der Waals surface area (Å²) in [5.41, 5.74) is 2.35. The fourth-order valence-electron chi connectivity index (χ4n) is 3.18. The van der Waals surface area contributed by atoms with E-state index in [-0.39, 0.29) is 0 Å². The molecule has 4 heteroatoms. The third-order valence-corrected chi connectivity index (χ3v) is 4.33. The maximum atomic E-state index is 4.29. The highest BCUT2D eigenvalue weighted by atomic mass is 15.4. The maximum absolute atomic E-state index is 4.29. The first-order chi connectivity index (χ1) is 9.88. The number of hydrogen-bond donors (Lipinski definition) is 1. The third kappa shape index (κ3) is 2.75. The van der Waals surface area contributed by atoms with Gasteiger partial charge in [-0.2, -0.15) is 0 Å². The fourth-order valence-corrected chi connectivity index (χ4v) is 3.18. The molecule has 0 bridgehead atoms. The van der Waals surface area contributed by atoms with E-state index in [4.69, 9.17) is 0 Å². The Bertz CT molecular complexity index is 534. The topological polar surface area (TPSA) is 42.7 Å². The van der Waals surface area contributed by atoms with E-state index in [0.29, 0.717) is 12.0 Å². The lowest BCUT2D eigenvalue weighted by Gasteiger charge is -2.20. The molecule has 1 heterocycles. The Kier molecular flexibility index (Phi) is 4.11. The van der Waals surface area contributed by atoms with E-state index in [9.17, 15) is 0 Å². The molecule has 2 aromatic rings. The summed E-state index contributed by atoms with van der Waals surface area (Å²) in [6, 6.07) is 10.9. The molecule has 1 aromatic carbocycles. The summed E-state index contributed by atoms with van der Waals surface area (Å²) in [5, 5.41) is 11.9. The van der Waals surface area contributed by atoms with Gasteiger partial charge in [-0.3, -0.25) is 0 Å². The van der Waals surface area contributed by atoms with Crippen LogP contribution >= 0.6 is 0 Å². The molecule has 0 saturated heterocycles. The van der Waals surface area contributed by atoms with E-state index in [1.165, 1.54) is 37.8 Å². The lowest BCUT2D eigenvalue weighted by Crippen LogP contribution is -2.26. The Morgan fingerprint density at radius 1 is 1.15 bits per heavy atom. The van der Waals surface area contributed by atoms with Crippen molar-refractivity contribution in [1.29, 1.82) is 0 Å².